The molecule has 1 unspecified atom stereocenters. The van der Waals surface area contributed by atoms with Gasteiger partial charge >= 0.3 is 0 Å². The molecule has 2 heterocycles. The van der Waals surface area contributed by atoms with E-state index in [-0.39, 0.29) is 4.90 Å². The zero-order valence-electron chi connectivity index (χ0n) is 10.4. The van der Waals surface area contributed by atoms with Crippen molar-refractivity contribution in [2.75, 3.05) is 0 Å². The Morgan fingerprint density at radius 1 is 1.44 bits per heavy atom. The van der Waals surface area contributed by atoms with Crippen LogP contribution in [0.3, 0.4) is 0 Å². The van der Waals surface area contributed by atoms with E-state index in [1.54, 1.807) is 26.1 Å². The fourth-order valence-electron chi connectivity index (χ4n) is 1.58. The van der Waals surface area contributed by atoms with Crippen LogP contribution in [-0.4, -0.2) is 18.2 Å². The lowest BCUT2D eigenvalue weighted by Gasteiger charge is -2.10. The molecule has 0 aromatic carbocycles. The highest BCUT2D eigenvalue weighted by atomic mass is 32.2. The van der Waals surface area contributed by atoms with Crippen molar-refractivity contribution in [1.29, 1.82) is 0 Å². The lowest BCUT2D eigenvalue weighted by atomic mass is 10.3. The zero-order chi connectivity index (χ0) is 13.3. The van der Waals surface area contributed by atoms with Crippen LogP contribution in [0.25, 0.3) is 0 Å². The number of nitrogens with zero attached hydrogens (tertiary/aromatic N) is 2. The van der Waals surface area contributed by atoms with E-state index in [1.165, 1.54) is 17.1 Å². The van der Waals surface area contributed by atoms with E-state index in [1.807, 2.05) is 6.92 Å². The van der Waals surface area contributed by atoms with E-state index in [2.05, 4.69) is 9.82 Å². The van der Waals surface area contributed by atoms with Gasteiger partial charge in [-0.15, -0.1) is 0 Å². The largest absolute Gasteiger partial charge is 0.465 e. The maximum Gasteiger partial charge on any atom is 0.244 e. The van der Waals surface area contributed by atoms with E-state index in [0.29, 0.717) is 5.76 Å². The number of hydrogen-bond donors (Lipinski definition) is 1. The first-order chi connectivity index (χ1) is 8.38. The monoisotopic (exact) mass is 269 g/mol. The summed E-state index contributed by atoms with van der Waals surface area (Å²) in [7, 11) is -1.91. The van der Waals surface area contributed by atoms with Gasteiger partial charge in [0.2, 0.25) is 10.0 Å². The minimum absolute atomic E-state index is 0.139. The van der Waals surface area contributed by atoms with Gasteiger partial charge in [-0.3, -0.25) is 4.68 Å². The van der Waals surface area contributed by atoms with E-state index in [9.17, 15) is 8.42 Å². The van der Waals surface area contributed by atoms with Gasteiger partial charge in [0.05, 0.1) is 12.2 Å². The Morgan fingerprint density at radius 2 is 2.17 bits per heavy atom. The molecule has 0 aliphatic rings. The molecule has 7 heteroatoms. The maximum absolute atomic E-state index is 12.0. The van der Waals surface area contributed by atoms with Crippen LogP contribution in [-0.2, 0) is 17.1 Å². The van der Waals surface area contributed by atoms with Gasteiger partial charge < -0.3 is 4.42 Å². The van der Waals surface area contributed by atoms with Crippen molar-refractivity contribution in [3.05, 3.63) is 36.0 Å². The molecule has 0 aliphatic carbocycles. The Kier molecular flexibility index (Phi) is 3.27. The van der Waals surface area contributed by atoms with Crippen LogP contribution in [0.2, 0.25) is 0 Å². The second-order valence-corrected chi connectivity index (χ2v) is 5.86. The van der Waals surface area contributed by atoms with Crippen molar-refractivity contribution in [3.63, 3.8) is 0 Å². The number of aryl methyl sites for hydroxylation is 2. The summed E-state index contributed by atoms with van der Waals surface area (Å²) >= 11 is 0. The predicted octanol–water partition coefficient (Wildman–Crippen LogP) is 1.36. The molecule has 2 aromatic heterocycles. The molecule has 0 saturated carbocycles. The fraction of sp³-hybridized carbons (Fsp3) is 0.364. The Bertz CT molecular complexity index is 642. The average molecular weight is 269 g/mol. The normalized spacial score (nSPS) is 13.7. The molecule has 0 aliphatic heterocycles. The number of aromatic nitrogens is 2. The van der Waals surface area contributed by atoms with Gasteiger partial charge in [0.25, 0.3) is 0 Å². The number of nitrogens with one attached hydrogen (secondary N) is 1. The molecular weight excluding hydrogens is 254 g/mol. The highest BCUT2D eigenvalue weighted by molar-refractivity contribution is 7.89. The highest BCUT2D eigenvalue weighted by Gasteiger charge is 2.21. The van der Waals surface area contributed by atoms with Gasteiger partial charge in [-0.05, 0) is 26.0 Å². The molecule has 2 rings (SSSR count). The van der Waals surface area contributed by atoms with Crippen LogP contribution in [0, 0.1) is 6.92 Å². The quantitative estimate of drug-likeness (QED) is 0.909. The van der Waals surface area contributed by atoms with Crippen LogP contribution in [0.5, 0.6) is 0 Å². The molecular formula is C11H15N3O3S. The molecule has 0 fully saturated rings. The summed E-state index contributed by atoms with van der Waals surface area (Å²) in [6, 6.07) is 3.12. The first-order valence-corrected chi connectivity index (χ1v) is 6.94. The smallest absolute Gasteiger partial charge is 0.244 e. The van der Waals surface area contributed by atoms with Crippen molar-refractivity contribution < 1.29 is 12.8 Å². The van der Waals surface area contributed by atoms with Crippen molar-refractivity contribution in [3.8, 4) is 0 Å². The second-order valence-electron chi connectivity index (χ2n) is 4.14. The molecule has 0 radical (unpaired) electrons. The van der Waals surface area contributed by atoms with E-state index < -0.39 is 16.1 Å². The van der Waals surface area contributed by atoms with Crippen LogP contribution in [0.1, 0.15) is 24.5 Å². The van der Waals surface area contributed by atoms with Crippen LogP contribution in [0.15, 0.2) is 33.8 Å². The van der Waals surface area contributed by atoms with Crippen molar-refractivity contribution in [2.45, 2.75) is 24.8 Å². The number of hydrogen-bond acceptors (Lipinski definition) is 4. The van der Waals surface area contributed by atoms with Gasteiger partial charge in [0.15, 0.2) is 0 Å². The first kappa shape index (κ1) is 12.8. The van der Waals surface area contributed by atoms with Crippen molar-refractivity contribution >= 4 is 10.0 Å². The Hall–Kier alpha value is -1.60. The number of furan rings is 1. The van der Waals surface area contributed by atoms with Gasteiger partial charge in [-0.25, -0.2) is 13.1 Å². The van der Waals surface area contributed by atoms with Crippen molar-refractivity contribution in [2.24, 2.45) is 7.05 Å². The molecule has 0 saturated heterocycles. The summed E-state index contributed by atoms with van der Waals surface area (Å²) in [4.78, 5) is 0.139. The second kappa shape index (κ2) is 4.58. The maximum atomic E-state index is 12.0. The average Bonchev–Trinajstić information content (AvgIpc) is 2.86. The number of rotatable bonds is 4. The summed E-state index contributed by atoms with van der Waals surface area (Å²) in [5.41, 5.74) is 0. The molecule has 0 spiro atoms. The molecule has 1 N–H and O–H groups in total. The van der Waals surface area contributed by atoms with Gasteiger partial charge in [-0.2, -0.15) is 5.10 Å². The van der Waals surface area contributed by atoms with Gasteiger partial charge in [-0.1, -0.05) is 0 Å². The molecule has 6 nitrogen and oxygen atoms in total. The summed E-state index contributed by atoms with van der Waals surface area (Å²) in [6.07, 6.45) is 2.75. The summed E-state index contributed by atoms with van der Waals surface area (Å²) in [5, 5.41) is 3.84. The van der Waals surface area contributed by atoms with Crippen LogP contribution >= 0.6 is 0 Å². The third-order valence-corrected chi connectivity index (χ3v) is 4.01. The SMILES string of the molecule is Cc1ccc(C(C)NS(=O)(=O)c2cnn(C)c2)o1. The van der Waals surface area contributed by atoms with Crippen molar-refractivity contribution in [1.82, 2.24) is 14.5 Å². The van der Waals surface area contributed by atoms with E-state index >= 15 is 0 Å². The van der Waals surface area contributed by atoms with Gasteiger partial charge in [0.1, 0.15) is 16.4 Å². The molecule has 0 bridgehead atoms. The summed E-state index contributed by atoms with van der Waals surface area (Å²) in [5.74, 6) is 1.33. The minimum Gasteiger partial charge on any atom is -0.465 e. The fourth-order valence-corrected chi connectivity index (χ4v) is 2.78. The molecule has 18 heavy (non-hydrogen) atoms. The zero-order valence-corrected chi connectivity index (χ0v) is 11.2. The standard InChI is InChI=1S/C11H15N3O3S/c1-8-4-5-11(17-8)9(2)13-18(15,16)10-6-12-14(3)7-10/h4-7,9,13H,1-3H3. The summed E-state index contributed by atoms with van der Waals surface area (Å²) < 4.78 is 33.4. The summed E-state index contributed by atoms with van der Waals surface area (Å²) in [6.45, 7) is 3.54. The lowest BCUT2D eigenvalue weighted by Crippen LogP contribution is -2.26. The van der Waals surface area contributed by atoms with E-state index in [0.717, 1.165) is 5.76 Å². The highest BCUT2D eigenvalue weighted by Crippen LogP contribution is 2.18. The Morgan fingerprint density at radius 3 is 2.67 bits per heavy atom. The Balaban J connectivity index is 2.18. The van der Waals surface area contributed by atoms with Crippen LogP contribution in [0.4, 0.5) is 0 Å². The first-order valence-electron chi connectivity index (χ1n) is 5.46. The van der Waals surface area contributed by atoms with E-state index in [4.69, 9.17) is 4.42 Å². The van der Waals surface area contributed by atoms with Gasteiger partial charge in [0, 0.05) is 13.2 Å². The molecule has 0 amide bonds. The third kappa shape index (κ3) is 2.62. The third-order valence-electron chi connectivity index (χ3n) is 2.51. The molecule has 98 valence electrons. The Labute approximate surface area is 106 Å². The molecule has 2 aromatic rings. The minimum atomic E-state index is -3.57. The molecule has 1 atom stereocenters. The topological polar surface area (TPSA) is 77.1 Å². The number of sulfonamides is 1. The lowest BCUT2D eigenvalue weighted by molar-refractivity contribution is 0.441. The van der Waals surface area contributed by atoms with Crippen LogP contribution < -0.4 is 4.72 Å². The predicted molar refractivity (Wildman–Crippen MR) is 65.4 cm³/mol.